The Kier molecular flexibility index (Phi) is 9.50. The molecule has 4 heterocycles. The molecule has 0 aliphatic heterocycles. The smallest absolute Gasteiger partial charge is 0.160 e. The molecule has 4 aromatic heterocycles. The second-order valence-electron chi connectivity index (χ2n) is 18.4. The third kappa shape index (κ3) is 6.65. The number of hydrogen-bond acceptors (Lipinski definition) is 4. The molecule has 0 fully saturated rings. The Balaban J connectivity index is 0.926. The van der Waals surface area contributed by atoms with Crippen molar-refractivity contribution in [3.63, 3.8) is 0 Å². The summed E-state index contributed by atoms with van der Waals surface area (Å²) in [5.41, 5.74) is 15.9. The molecule has 0 spiro atoms. The van der Waals surface area contributed by atoms with E-state index >= 15 is 0 Å². The normalized spacial score (nSPS) is 11.5. The van der Waals surface area contributed by atoms with Gasteiger partial charge in [-0.15, -0.1) is 0 Å². The van der Waals surface area contributed by atoms with Crippen molar-refractivity contribution in [1.29, 1.82) is 10.5 Å². The number of benzene rings is 10. The van der Waals surface area contributed by atoms with Gasteiger partial charge in [0.25, 0.3) is 0 Å². The van der Waals surface area contributed by atoms with Gasteiger partial charge in [-0.1, -0.05) is 146 Å². The molecule has 0 bridgehead atoms. The van der Waals surface area contributed by atoms with Crippen molar-refractivity contribution in [2.75, 3.05) is 0 Å². The first-order valence-corrected chi connectivity index (χ1v) is 24.3. The van der Waals surface area contributed by atoms with Gasteiger partial charge < -0.3 is 13.7 Å². The van der Waals surface area contributed by atoms with Gasteiger partial charge in [0.05, 0.1) is 67.8 Å². The van der Waals surface area contributed by atoms with Crippen LogP contribution in [0.5, 0.6) is 0 Å². The molecule has 0 unspecified atom stereocenters. The minimum Gasteiger partial charge on any atom is -0.309 e. The molecule has 10 aromatic carbocycles. The SMILES string of the molecule is N#Cc1cc(-c2cc(-c3ccccc3)nc(-c3ccccc3)n2)c(C#N)cc1-c1ccc(-n2c3ccc(-n4c5ccccc5c5ccccc54)cc3c3cc(-n4c5ccccc5c5ccccc54)ccc32)cc1. The molecule has 0 aliphatic rings. The molecule has 7 nitrogen and oxygen atoms in total. The zero-order valence-corrected chi connectivity index (χ0v) is 39.1. The summed E-state index contributed by atoms with van der Waals surface area (Å²) in [5.74, 6) is 0.537. The van der Waals surface area contributed by atoms with Crippen LogP contribution in [0, 0.1) is 22.7 Å². The third-order valence-corrected chi connectivity index (χ3v) is 14.3. The summed E-state index contributed by atoms with van der Waals surface area (Å²) in [6.07, 6.45) is 0. The van der Waals surface area contributed by atoms with Crippen LogP contribution in [0.2, 0.25) is 0 Å². The van der Waals surface area contributed by atoms with Gasteiger partial charge in [-0.3, -0.25) is 0 Å². The van der Waals surface area contributed by atoms with Gasteiger partial charge in [-0.05, 0) is 96.6 Å². The van der Waals surface area contributed by atoms with E-state index in [0.29, 0.717) is 33.8 Å². The van der Waals surface area contributed by atoms with Gasteiger partial charge in [-0.25, -0.2) is 9.97 Å². The Bertz CT molecular complexity index is 4290. The fourth-order valence-electron chi connectivity index (χ4n) is 11.0. The predicted octanol–water partition coefficient (Wildman–Crippen LogP) is 16.2. The minimum absolute atomic E-state index is 0.412. The van der Waals surface area contributed by atoms with Crippen molar-refractivity contribution in [1.82, 2.24) is 23.7 Å². The molecule has 14 aromatic rings. The first kappa shape index (κ1) is 41.6. The van der Waals surface area contributed by atoms with Gasteiger partial charge in [0, 0.05) is 71.6 Å². The first-order valence-electron chi connectivity index (χ1n) is 24.3. The van der Waals surface area contributed by atoms with Crippen LogP contribution in [0.4, 0.5) is 0 Å². The van der Waals surface area contributed by atoms with Gasteiger partial charge in [0.15, 0.2) is 5.82 Å². The number of fused-ring (bicyclic) bond motifs is 9. The van der Waals surface area contributed by atoms with Gasteiger partial charge in [-0.2, -0.15) is 10.5 Å². The Labute approximate surface area is 419 Å². The maximum Gasteiger partial charge on any atom is 0.160 e. The van der Waals surface area contributed by atoms with Gasteiger partial charge in [0.2, 0.25) is 0 Å². The van der Waals surface area contributed by atoms with Crippen molar-refractivity contribution in [2.45, 2.75) is 0 Å². The molecular formula is C66H39N7. The highest BCUT2D eigenvalue weighted by Crippen LogP contribution is 2.41. The predicted molar refractivity (Wildman–Crippen MR) is 296 cm³/mol. The summed E-state index contributed by atoms with van der Waals surface area (Å²) in [7, 11) is 0. The summed E-state index contributed by atoms with van der Waals surface area (Å²) in [6, 6.07) is 86.6. The molecule has 0 aliphatic carbocycles. The molecule has 0 amide bonds. The van der Waals surface area contributed by atoms with Crippen LogP contribution in [0.3, 0.4) is 0 Å². The second-order valence-corrected chi connectivity index (χ2v) is 18.4. The third-order valence-electron chi connectivity index (χ3n) is 14.3. The Morgan fingerprint density at radius 1 is 0.288 bits per heavy atom. The molecule has 0 N–H and O–H groups in total. The highest BCUT2D eigenvalue weighted by atomic mass is 15.0. The van der Waals surface area contributed by atoms with Crippen molar-refractivity contribution in [3.05, 3.63) is 248 Å². The molecular weight excluding hydrogens is 891 g/mol. The van der Waals surface area contributed by atoms with Crippen molar-refractivity contribution in [2.24, 2.45) is 0 Å². The summed E-state index contributed by atoms with van der Waals surface area (Å²) in [4.78, 5) is 9.93. The van der Waals surface area contributed by atoms with Crippen LogP contribution >= 0.6 is 0 Å². The number of hydrogen-bond donors (Lipinski definition) is 0. The Morgan fingerprint density at radius 3 is 1.16 bits per heavy atom. The van der Waals surface area contributed by atoms with Crippen molar-refractivity contribution >= 4 is 65.4 Å². The first-order chi connectivity index (χ1) is 36.1. The van der Waals surface area contributed by atoms with Crippen molar-refractivity contribution in [3.8, 4) is 74.2 Å². The summed E-state index contributed by atoms with van der Waals surface area (Å²) < 4.78 is 7.09. The van der Waals surface area contributed by atoms with E-state index in [1.54, 1.807) is 6.07 Å². The van der Waals surface area contributed by atoms with Gasteiger partial charge in [0.1, 0.15) is 0 Å². The maximum atomic E-state index is 10.8. The molecule has 73 heavy (non-hydrogen) atoms. The molecule has 14 rings (SSSR count). The fourth-order valence-corrected chi connectivity index (χ4v) is 11.0. The van der Waals surface area contributed by atoms with E-state index in [1.165, 1.54) is 21.5 Å². The van der Waals surface area contributed by atoms with E-state index in [4.69, 9.17) is 9.97 Å². The lowest BCUT2D eigenvalue weighted by atomic mass is 9.92. The van der Waals surface area contributed by atoms with Crippen molar-refractivity contribution < 1.29 is 0 Å². The Morgan fingerprint density at radius 2 is 0.671 bits per heavy atom. The number of nitriles is 2. The van der Waals surface area contributed by atoms with E-state index in [1.807, 2.05) is 72.8 Å². The maximum absolute atomic E-state index is 10.8. The van der Waals surface area contributed by atoms with Crippen LogP contribution in [0.25, 0.3) is 128 Å². The largest absolute Gasteiger partial charge is 0.309 e. The zero-order valence-electron chi connectivity index (χ0n) is 39.1. The lowest BCUT2D eigenvalue weighted by Crippen LogP contribution is -1.99. The quantitative estimate of drug-likeness (QED) is 0.159. The molecule has 7 heteroatoms. The lowest BCUT2D eigenvalue weighted by molar-refractivity contribution is 1.16. The molecule has 0 saturated carbocycles. The monoisotopic (exact) mass is 929 g/mol. The number of rotatable bonds is 7. The standard InChI is InChI=1S/C66H39N7/c67-40-45-36-55(59-39-58(43-15-3-1-4-16-43)69-66(70-59)44-17-5-2-6-18-44)46(41-68)35-54(45)42-27-29-47(30-28-42)71-64-33-31-48(72-60-23-11-7-19-50(60)51-20-8-12-24-61(51)72)37-56(64)57-38-49(32-34-65(57)71)73-62-25-13-9-21-52(62)53-22-10-14-26-63(53)73/h1-39H. The Hall–Kier alpha value is -10.3. The molecule has 0 radical (unpaired) electrons. The summed E-state index contributed by atoms with van der Waals surface area (Å²) in [5, 5.41) is 28.6. The average Bonchev–Trinajstić information content (AvgIpc) is 4.10. The summed E-state index contributed by atoms with van der Waals surface area (Å²) >= 11 is 0. The van der Waals surface area contributed by atoms with Crippen LogP contribution in [-0.4, -0.2) is 23.7 Å². The van der Waals surface area contributed by atoms with E-state index in [0.717, 1.165) is 83.3 Å². The van der Waals surface area contributed by atoms with Crippen LogP contribution in [0.15, 0.2) is 237 Å². The fraction of sp³-hybridized carbons (Fsp3) is 0. The minimum atomic E-state index is 0.412. The molecule has 0 saturated heterocycles. The number of para-hydroxylation sites is 4. The van der Waals surface area contributed by atoms with E-state index in [9.17, 15) is 10.5 Å². The van der Waals surface area contributed by atoms with Crippen LogP contribution < -0.4 is 0 Å². The zero-order chi connectivity index (χ0) is 48.6. The van der Waals surface area contributed by atoms with E-state index < -0.39 is 0 Å². The van der Waals surface area contributed by atoms with Crippen LogP contribution in [0.1, 0.15) is 11.1 Å². The number of nitrogens with zero attached hydrogens (tertiary/aromatic N) is 7. The highest BCUT2D eigenvalue weighted by Gasteiger charge is 2.21. The average molecular weight is 930 g/mol. The van der Waals surface area contributed by atoms with E-state index in [-0.39, 0.29) is 0 Å². The lowest BCUT2D eigenvalue weighted by Gasteiger charge is -2.14. The number of aromatic nitrogens is 5. The highest BCUT2D eigenvalue weighted by molar-refractivity contribution is 6.14. The van der Waals surface area contributed by atoms with E-state index in [2.05, 4.69) is 184 Å². The topological polar surface area (TPSA) is 88.2 Å². The second kappa shape index (κ2) is 16.7. The summed E-state index contributed by atoms with van der Waals surface area (Å²) in [6.45, 7) is 0. The van der Waals surface area contributed by atoms with Gasteiger partial charge >= 0.3 is 0 Å². The molecule has 338 valence electrons. The molecule has 0 atom stereocenters. The van der Waals surface area contributed by atoms with Crippen LogP contribution in [-0.2, 0) is 0 Å².